The lowest BCUT2D eigenvalue weighted by molar-refractivity contribution is -0.378. The first-order chi connectivity index (χ1) is 29.7. The summed E-state index contributed by atoms with van der Waals surface area (Å²) in [5.41, 5.74) is 0.362. The first-order valence-corrected chi connectivity index (χ1v) is 23.5. The number of Topliss-reactive ketones (excluding diaryl/α,β-unsaturated/α-hetero) is 1. The van der Waals surface area contributed by atoms with Gasteiger partial charge in [0.25, 0.3) is 5.91 Å². The maximum Gasteiger partial charge on any atom is 0.337 e. The lowest BCUT2D eigenvalue weighted by Crippen LogP contribution is -2.62. The molecule has 6 rings (SSSR count). The highest BCUT2D eigenvalue weighted by atomic mass is 16.8. The van der Waals surface area contributed by atoms with Gasteiger partial charge in [-0.25, -0.2) is 4.79 Å². The van der Waals surface area contributed by atoms with E-state index >= 15 is 0 Å². The Morgan fingerprint density at radius 1 is 0.905 bits per heavy atom. The van der Waals surface area contributed by atoms with E-state index in [1.807, 2.05) is 55.4 Å². The van der Waals surface area contributed by atoms with Crippen molar-refractivity contribution in [3.8, 4) is 5.75 Å². The van der Waals surface area contributed by atoms with Crippen LogP contribution in [0.5, 0.6) is 5.75 Å². The normalized spacial score (nSPS) is 39.3. The third kappa shape index (κ3) is 9.55. The number of ether oxygens (including phenoxy) is 5. The van der Waals surface area contributed by atoms with Crippen LogP contribution in [0.25, 0.3) is 0 Å². The molecule has 4 N–H and O–H groups in total. The molecule has 14 nitrogen and oxygen atoms in total. The van der Waals surface area contributed by atoms with E-state index in [1.165, 1.54) is 18.2 Å². The summed E-state index contributed by atoms with van der Waals surface area (Å²) in [7, 11) is 0. The van der Waals surface area contributed by atoms with E-state index in [2.05, 4.69) is 12.4 Å². The molecule has 5 aliphatic rings. The van der Waals surface area contributed by atoms with Crippen molar-refractivity contribution in [3.63, 3.8) is 0 Å². The monoisotopic (exact) mass is 884 g/mol. The number of aliphatic hydroxyl groups is 2. The van der Waals surface area contributed by atoms with Gasteiger partial charge in [0.15, 0.2) is 5.79 Å². The molecule has 352 valence electrons. The Balaban J connectivity index is 1.11. The molecule has 63 heavy (non-hydrogen) atoms. The van der Waals surface area contributed by atoms with E-state index < -0.39 is 88.8 Å². The van der Waals surface area contributed by atoms with E-state index in [9.17, 15) is 34.5 Å². The number of hydrogen-bond donors (Lipinski definition) is 4. The van der Waals surface area contributed by atoms with Gasteiger partial charge >= 0.3 is 5.97 Å². The Morgan fingerprint density at radius 3 is 2.25 bits per heavy atom. The van der Waals surface area contributed by atoms with Crippen LogP contribution in [0.3, 0.4) is 0 Å². The molecule has 4 fully saturated rings. The number of ketones is 2. The Bertz CT molecular complexity index is 1860. The van der Waals surface area contributed by atoms with Crippen LogP contribution in [-0.4, -0.2) is 98.2 Å². The molecule has 1 unspecified atom stereocenters. The SMILES string of the molecule is CC[C@@H](C(=O)[C@@H](C)[C@@H](O)[C@H](C)[C@@H]1O[C@@H]([C@@H](CC)C(=O)ONC(=O)c2ccccc2O)CC[C@@H]1C)C1O[C@]2(C=CC(=O)[C@]3(CC[C@@](C)([C@H]4CC[C@](O)(CC)[C@H](C)O4)O3)O2)[C@H](C)C[C@@H]1C. The maximum atomic E-state index is 14.6. The van der Waals surface area contributed by atoms with Crippen LogP contribution in [-0.2, 0) is 42.9 Å². The third-order valence-electron chi connectivity index (χ3n) is 15.7. The summed E-state index contributed by atoms with van der Waals surface area (Å²) in [6.07, 6.45) is 5.02. The van der Waals surface area contributed by atoms with Crippen molar-refractivity contribution in [2.75, 3.05) is 0 Å². The van der Waals surface area contributed by atoms with Gasteiger partial charge in [-0.2, -0.15) is 5.48 Å². The fourth-order valence-electron chi connectivity index (χ4n) is 11.2. The second-order valence-corrected chi connectivity index (χ2v) is 19.8. The van der Waals surface area contributed by atoms with Gasteiger partial charge in [-0.05, 0) is 108 Å². The van der Waals surface area contributed by atoms with Crippen molar-refractivity contribution >= 4 is 23.4 Å². The molecule has 2 spiro atoms. The Kier molecular flexibility index (Phi) is 15.1. The number of carbonyl (C=O) groups excluding carboxylic acids is 4. The summed E-state index contributed by atoms with van der Waals surface area (Å²) in [5, 5.41) is 33.0. The molecule has 4 saturated heterocycles. The largest absolute Gasteiger partial charge is 0.507 e. The fourth-order valence-corrected chi connectivity index (χ4v) is 11.2. The van der Waals surface area contributed by atoms with Gasteiger partial charge in [0.2, 0.25) is 11.6 Å². The summed E-state index contributed by atoms with van der Waals surface area (Å²) in [4.78, 5) is 59.5. The van der Waals surface area contributed by atoms with Crippen molar-refractivity contribution in [2.24, 2.45) is 41.4 Å². The average Bonchev–Trinajstić information content (AvgIpc) is 3.61. The van der Waals surface area contributed by atoms with Crippen LogP contribution in [0, 0.1) is 41.4 Å². The molecule has 0 aromatic heterocycles. The highest BCUT2D eigenvalue weighted by Gasteiger charge is 2.63. The molecular weight excluding hydrogens is 811 g/mol. The number of rotatable bonds is 13. The number of para-hydroxylation sites is 1. The van der Waals surface area contributed by atoms with Crippen molar-refractivity contribution in [1.29, 1.82) is 0 Å². The molecule has 0 radical (unpaired) electrons. The maximum absolute atomic E-state index is 14.6. The highest BCUT2D eigenvalue weighted by molar-refractivity contribution is 5.97. The number of hydroxylamine groups is 1. The van der Waals surface area contributed by atoms with Crippen LogP contribution < -0.4 is 5.48 Å². The van der Waals surface area contributed by atoms with E-state index in [4.69, 9.17) is 28.5 Å². The molecular formula is C49H73NO13. The van der Waals surface area contributed by atoms with E-state index in [-0.39, 0.29) is 46.7 Å². The lowest BCUT2D eigenvalue weighted by Gasteiger charge is -2.53. The standard InChI is InChI=1S/C49H73NO13/c1-11-33(45(56)61-50-44(55)35-16-14-15-17-36(35)51)37-19-18-27(4)42(59-37)31(8)40(53)30(7)41(54)34(12-2)43-28(5)26-29(6)48(60-43)23-20-38(52)49(63-48)25-24-46(10,62-49)39-21-22-47(57,13-3)32(9)58-39/h14-17,20,23,27-34,37,39-40,42-43,51,53,57H,11-13,18-19,21-22,24-26H2,1-10H3,(H,50,55)/t27-,28-,29+,30-,31-,32-,33+,34-,37+,39+,40+,42+,43?,46-,47+,48-,49-/m0/s1. The summed E-state index contributed by atoms with van der Waals surface area (Å²) < 4.78 is 33.5. The minimum atomic E-state index is -1.60. The fraction of sp³-hybridized carbons (Fsp3) is 0.755. The van der Waals surface area contributed by atoms with Crippen LogP contribution >= 0.6 is 0 Å². The zero-order valence-corrected chi connectivity index (χ0v) is 39.0. The first-order valence-electron chi connectivity index (χ1n) is 23.5. The van der Waals surface area contributed by atoms with Gasteiger partial charge in [0, 0.05) is 30.1 Å². The molecule has 0 aliphatic carbocycles. The molecule has 1 aromatic carbocycles. The topological polar surface area (TPSA) is 196 Å². The van der Waals surface area contributed by atoms with Gasteiger partial charge in [-0.3, -0.25) is 14.4 Å². The Hall–Kier alpha value is -3.24. The zero-order valence-electron chi connectivity index (χ0n) is 39.0. The number of phenols is 1. The van der Waals surface area contributed by atoms with Crippen molar-refractivity contribution in [1.82, 2.24) is 5.48 Å². The molecule has 5 aliphatic heterocycles. The first kappa shape index (κ1) is 49.2. The second-order valence-electron chi connectivity index (χ2n) is 19.8. The van der Waals surface area contributed by atoms with Crippen LogP contribution in [0.1, 0.15) is 144 Å². The summed E-state index contributed by atoms with van der Waals surface area (Å²) in [6, 6.07) is 5.94. The highest BCUT2D eigenvalue weighted by Crippen LogP contribution is 2.53. The number of phenolic OH excluding ortho intramolecular Hbond substituents is 1. The molecule has 1 aromatic rings. The van der Waals surface area contributed by atoms with Gasteiger partial charge in [-0.1, -0.05) is 67.5 Å². The Labute approximate surface area is 373 Å². The molecule has 17 atom stereocenters. The number of hydrogen-bond acceptors (Lipinski definition) is 13. The predicted octanol–water partition coefficient (Wildman–Crippen LogP) is 6.91. The number of amides is 1. The van der Waals surface area contributed by atoms with E-state index in [1.54, 1.807) is 25.1 Å². The minimum absolute atomic E-state index is 0.0186. The van der Waals surface area contributed by atoms with Crippen molar-refractivity contribution in [3.05, 3.63) is 42.0 Å². The van der Waals surface area contributed by atoms with E-state index in [0.29, 0.717) is 64.2 Å². The number of nitrogens with one attached hydrogen (secondary N) is 1. The molecule has 1 amide bonds. The number of benzene rings is 1. The van der Waals surface area contributed by atoms with Gasteiger partial charge in [-0.15, -0.1) is 0 Å². The zero-order chi connectivity index (χ0) is 46.2. The quantitative estimate of drug-likeness (QED) is 0.150. The van der Waals surface area contributed by atoms with E-state index in [0.717, 1.165) is 0 Å². The molecule has 14 heteroatoms. The van der Waals surface area contributed by atoms with Crippen LogP contribution in [0.15, 0.2) is 36.4 Å². The van der Waals surface area contributed by atoms with Crippen LogP contribution in [0.2, 0.25) is 0 Å². The predicted molar refractivity (Wildman–Crippen MR) is 232 cm³/mol. The number of aliphatic hydroxyl groups excluding tert-OH is 1. The molecule has 5 heterocycles. The van der Waals surface area contributed by atoms with Gasteiger partial charge in [0.1, 0.15) is 11.5 Å². The lowest BCUT2D eigenvalue weighted by atomic mass is 9.72. The van der Waals surface area contributed by atoms with Gasteiger partial charge < -0.3 is 43.8 Å². The third-order valence-corrected chi connectivity index (χ3v) is 15.7. The van der Waals surface area contributed by atoms with Crippen LogP contribution in [0.4, 0.5) is 0 Å². The van der Waals surface area contributed by atoms with Crippen molar-refractivity contribution < 1.29 is 63.0 Å². The van der Waals surface area contributed by atoms with Gasteiger partial charge in [0.05, 0.1) is 59.3 Å². The molecule has 0 saturated carbocycles. The Morgan fingerprint density at radius 2 is 1.60 bits per heavy atom. The number of aromatic hydroxyl groups is 1. The molecule has 0 bridgehead atoms. The minimum Gasteiger partial charge on any atom is -0.507 e. The second kappa shape index (κ2) is 19.3. The smallest absolute Gasteiger partial charge is 0.337 e. The number of carbonyl (C=O) groups is 4. The van der Waals surface area contributed by atoms with Crippen molar-refractivity contribution in [2.45, 2.75) is 193 Å². The summed E-state index contributed by atoms with van der Waals surface area (Å²) >= 11 is 0. The summed E-state index contributed by atoms with van der Waals surface area (Å²) in [6.45, 7) is 19.3. The average molecular weight is 884 g/mol. The summed E-state index contributed by atoms with van der Waals surface area (Å²) in [5.74, 6) is -7.85.